The van der Waals surface area contributed by atoms with Crippen molar-refractivity contribution in [3.05, 3.63) is 29.3 Å². The van der Waals surface area contributed by atoms with Crippen LogP contribution in [0.25, 0.3) is 0 Å². The number of hydrogen-bond acceptors (Lipinski definition) is 4. The van der Waals surface area contributed by atoms with Gasteiger partial charge in [0.25, 0.3) is 0 Å². The van der Waals surface area contributed by atoms with Gasteiger partial charge in [-0.05, 0) is 89.4 Å². The van der Waals surface area contributed by atoms with Crippen molar-refractivity contribution in [2.75, 3.05) is 19.8 Å². The predicted octanol–water partition coefficient (Wildman–Crippen LogP) is 4.29. The van der Waals surface area contributed by atoms with Gasteiger partial charge in [-0.1, -0.05) is 18.2 Å². The third-order valence-corrected chi connectivity index (χ3v) is 7.42. The average molecular weight is 422 g/mol. The minimum absolute atomic E-state index is 0. The highest BCUT2D eigenvalue weighted by Crippen LogP contribution is 2.37. The molecule has 0 amide bonds. The van der Waals surface area contributed by atoms with Gasteiger partial charge >= 0.3 is 7.12 Å². The van der Waals surface area contributed by atoms with Gasteiger partial charge in [0.05, 0.1) is 11.2 Å². The first kappa shape index (κ1) is 23.1. The van der Waals surface area contributed by atoms with Gasteiger partial charge in [0.1, 0.15) is 0 Å². The first-order valence-electron chi connectivity index (χ1n) is 11.1. The van der Waals surface area contributed by atoms with Crippen LogP contribution in [0.15, 0.2) is 18.2 Å². The zero-order valence-electron chi connectivity index (χ0n) is 18.7. The molecule has 1 aromatic carbocycles. The van der Waals surface area contributed by atoms with E-state index in [0.29, 0.717) is 12.0 Å². The Morgan fingerprint density at radius 3 is 2.28 bits per heavy atom. The maximum absolute atomic E-state index is 6.33. The summed E-state index contributed by atoms with van der Waals surface area (Å²) in [6, 6.07) is 7.59. The van der Waals surface area contributed by atoms with E-state index in [1.54, 1.807) is 0 Å². The van der Waals surface area contributed by atoms with Crippen molar-refractivity contribution in [1.29, 1.82) is 0 Å². The second-order valence-corrected chi connectivity index (χ2v) is 9.89. The van der Waals surface area contributed by atoms with E-state index < -0.39 is 0 Å². The molecule has 0 unspecified atom stereocenters. The van der Waals surface area contributed by atoms with Gasteiger partial charge < -0.3 is 14.0 Å². The molecule has 0 bridgehead atoms. The van der Waals surface area contributed by atoms with Gasteiger partial charge in [-0.3, -0.25) is 4.90 Å². The predicted molar refractivity (Wildman–Crippen MR) is 121 cm³/mol. The van der Waals surface area contributed by atoms with Crippen LogP contribution in [0.3, 0.4) is 0 Å². The van der Waals surface area contributed by atoms with E-state index in [-0.39, 0.29) is 30.7 Å². The molecule has 162 valence electrons. The summed E-state index contributed by atoms with van der Waals surface area (Å²) in [5.41, 5.74) is 3.49. The highest BCUT2D eigenvalue weighted by Gasteiger charge is 2.51. The van der Waals surface area contributed by atoms with Gasteiger partial charge in [-0.2, -0.15) is 0 Å². The lowest BCUT2D eigenvalue weighted by atomic mass is 9.76. The number of benzene rings is 1. The van der Waals surface area contributed by atoms with Crippen LogP contribution in [0.1, 0.15) is 77.3 Å². The summed E-state index contributed by atoms with van der Waals surface area (Å²) in [4.78, 5) is 2.63. The largest absolute Gasteiger partial charge is 0.494 e. The Morgan fingerprint density at radius 2 is 1.69 bits per heavy atom. The van der Waals surface area contributed by atoms with Crippen LogP contribution in [-0.4, -0.2) is 49.0 Å². The van der Waals surface area contributed by atoms with Crippen molar-refractivity contribution in [1.82, 2.24) is 4.90 Å². The summed E-state index contributed by atoms with van der Waals surface area (Å²) in [6.45, 7) is 14.8. The lowest BCUT2D eigenvalue weighted by Gasteiger charge is -2.32. The minimum atomic E-state index is -0.305. The smallest absolute Gasteiger partial charge is 0.399 e. The molecule has 0 radical (unpaired) electrons. The molecule has 6 heteroatoms. The van der Waals surface area contributed by atoms with E-state index in [2.05, 4.69) is 57.7 Å². The fourth-order valence-electron chi connectivity index (χ4n) is 4.74. The van der Waals surface area contributed by atoms with Gasteiger partial charge in [0.2, 0.25) is 0 Å². The van der Waals surface area contributed by atoms with Crippen LogP contribution in [-0.2, 0) is 20.6 Å². The molecule has 3 saturated heterocycles. The lowest BCUT2D eigenvalue weighted by Crippen LogP contribution is -2.41. The van der Waals surface area contributed by atoms with Crippen molar-refractivity contribution >= 4 is 25.0 Å². The molecule has 0 saturated carbocycles. The number of ether oxygens (including phenoxy) is 1. The van der Waals surface area contributed by atoms with E-state index in [1.807, 2.05) is 0 Å². The molecule has 0 aromatic heterocycles. The fraction of sp³-hybridized carbons (Fsp3) is 0.739. The number of halogens is 1. The highest BCUT2D eigenvalue weighted by atomic mass is 35.5. The van der Waals surface area contributed by atoms with Crippen LogP contribution in [0, 0.1) is 0 Å². The third kappa shape index (κ3) is 4.69. The maximum Gasteiger partial charge on any atom is 0.494 e. The standard InChI is InChI=1S/C23H36BNO3.ClH/c1-17-7-6-12-25(17)16-19-15-20(24-27-22(2,3)23(4,5)28-24)8-9-21(19)18-10-13-26-14-11-18;/h8-9,15,17-18H,6-7,10-14,16H2,1-5H3;1H/t17-;/m1./s1. The summed E-state index contributed by atoms with van der Waals surface area (Å²) in [7, 11) is -0.288. The molecule has 3 aliphatic heterocycles. The summed E-state index contributed by atoms with van der Waals surface area (Å²) in [6.07, 6.45) is 4.87. The molecular formula is C23H37BClNO3. The normalized spacial score (nSPS) is 27.2. The van der Waals surface area contributed by atoms with E-state index in [9.17, 15) is 0 Å². The molecule has 0 N–H and O–H groups in total. The maximum atomic E-state index is 6.33. The molecule has 0 spiro atoms. The zero-order valence-corrected chi connectivity index (χ0v) is 19.5. The van der Waals surface area contributed by atoms with Crippen molar-refractivity contribution in [2.24, 2.45) is 0 Å². The van der Waals surface area contributed by atoms with Crippen molar-refractivity contribution < 1.29 is 14.0 Å². The first-order valence-corrected chi connectivity index (χ1v) is 11.1. The molecule has 0 aliphatic carbocycles. The van der Waals surface area contributed by atoms with Crippen LogP contribution in [0.5, 0.6) is 0 Å². The molecular weight excluding hydrogens is 385 g/mol. The number of rotatable bonds is 4. The van der Waals surface area contributed by atoms with Gasteiger partial charge in [-0.25, -0.2) is 0 Å². The Morgan fingerprint density at radius 1 is 1.03 bits per heavy atom. The Balaban J connectivity index is 0.00000240. The lowest BCUT2D eigenvalue weighted by molar-refractivity contribution is 0.00578. The Labute approximate surface area is 183 Å². The quantitative estimate of drug-likeness (QED) is 0.679. The van der Waals surface area contributed by atoms with E-state index in [4.69, 9.17) is 14.0 Å². The van der Waals surface area contributed by atoms with E-state index in [0.717, 1.165) is 38.1 Å². The van der Waals surface area contributed by atoms with E-state index >= 15 is 0 Å². The number of likely N-dealkylation sites (tertiary alicyclic amines) is 1. The highest BCUT2D eigenvalue weighted by molar-refractivity contribution is 6.62. The van der Waals surface area contributed by atoms with Crippen molar-refractivity contribution in [3.63, 3.8) is 0 Å². The Hall–Kier alpha value is -0.585. The monoisotopic (exact) mass is 421 g/mol. The molecule has 4 nitrogen and oxygen atoms in total. The third-order valence-electron chi connectivity index (χ3n) is 7.42. The zero-order chi connectivity index (χ0) is 19.9. The van der Waals surface area contributed by atoms with Gasteiger partial charge in [-0.15, -0.1) is 12.4 Å². The first-order chi connectivity index (χ1) is 13.3. The molecule has 1 atom stereocenters. The van der Waals surface area contributed by atoms with Gasteiger partial charge in [0.15, 0.2) is 0 Å². The van der Waals surface area contributed by atoms with E-state index in [1.165, 1.54) is 30.5 Å². The SMILES string of the molecule is C[C@@H]1CCCN1Cc1cc(B2OC(C)(C)C(C)(C)O2)ccc1C1CCOCC1.Cl. The van der Waals surface area contributed by atoms with Crippen molar-refractivity contribution in [2.45, 2.75) is 90.0 Å². The number of nitrogens with zero attached hydrogens (tertiary/aromatic N) is 1. The molecule has 4 rings (SSSR count). The summed E-state index contributed by atoms with van der Waals surface area (Å²) in [5.74, 6) is 0.606. The summed E-state index contributed by atoms with van der Waals surface area (Å²) in [5, 5.41) is 0. The van der Waals surface area contributed by atoms with Crippen molar-refractivity contribution in [3.8, 4) is 0 Å². The Kier molecular flexibility index (Phi) is 7.07. The molecule has 3 aliphatic rings. The number of hydrogen-bond donors (Lipinski definition) is 0. The Bertz CT molecular complexity index is 689. The summed E-state index contributed by atoms with van der Waals surface area (Å²) < 4.78 is 18.3. The van der Waals surface area contributed by atoms with Crippen LogP contribution >= 0.6 is 12.4 Å². The van der Waals surface area contributed by atoms with Crippen LogP contribution in [0.2, 0.25) is 0 Å². The average Bonchev–Trinajstić information content (AvgIpc) is 3.15. The molecule has 29 heavy (non-hydrogen) atoms. The second-order valence-electron chi connectivity index (χ2n) is 9.89. The molecule has 3 fully saturated rings. The van der Waals surface area contributed by atoms with Crippen LogP contribution in [0.4, 0.5) is 0 Å². The fourth-order valence-corrected chi connectivity index (χ4v) is 4.74. The second kappa shape index (κ2) is 8.88. The topological polar surface area (TPSA) is 30.9 Å². The summed E-state index contributed by atoms with van der Waals surface area (Å²) >= 11 is 0. The van der Waals surface area contributed by atoms with Crippen LogP contribution < -0.4 is 5.46 Å². The van der Waals surface area contributed by atoms with Gasteiger partial charge in [0, 0.05) is 25.8 Å². The molecule has 1 aromatic rings. The molecule has 3 heterocycles. The minimum Gasteiger partial charge on any atom is -0.399 e.